The van der Waals surface area contributed by atoms with Gasteiger partial charge < -0.3 is 10.2 Å². The summed E-state index contributed by atoms with van der Waals surface area (Å²) in [4.78, 5) is 10.8. The van der Waals surface area contributed by atoms with E-state index in [-0.39, 0.29) is 11.8 Å². The van der Waals surface area contributed by atoms with Crippen molar-refractivity contribution in [3.63, 3.8) is 0 Å². The first-order chi connectivity index (χ1) is 7.16. The fourth-order valence-electron chi connectivity index (χ4n) is 1.71. The van der Waals surface area contributed by atoms with E-state index in [9.17, 15) is 4.79 Å². The van der Waals surface area contributed by atoms with Gasteiger partial charge in [-0.05, 0) is 29.7 Å². The molecule has 1 amide bonds. The number of hydrogen-bond acceptors (Lipinski definition) is 2. The zero-order chi connectivity index (χ0) is 10.8. The molecule has 0 spiro atoms. The molecule has 2 aromatic rings. The zero-order valence-corrected chi connectivity index (χ0v) is 8.57. The number of furan rings is 1. The van der Waals surface area contributed by atoms with Gasteiger partial charge in [-0.15, -0.1) is 0 Å². The lowest BCUT2D eigenvalue weighted by Crippen LogP contribution is -2.13. The third-order valence-electron chi connectivity index (χ3n) is 2.55. The van der Waals surface area contributed by atoms with Crippen molar-refractivity contribution in [3.05, 3.63) is 36.1 Å². The van der Waals surface area contributed by atoms with Crippen molar-refractivity contribution < 1.29 is 9.21 Å². The van der Waals surface area contributed by atoms with Crippen molar-refractivity contribution in [2.45, 2.75) is 19.3 Å². The highest BCUT2D eigenvalue weighted by atomic mass is 16.3. The third-order valence-corrected chi connectivity index (χ3v) is 2.55. The second kappa shape index (κ2) is 3.77. The second-order valence-electron chi connectivity index (χ2n) is 3.79. The molecule has 0 radical (unpaired) electrons. The molecule has 1 atom stereocenters. The van der Waals surface area contributed by atoms with Gasteiger partial charge in [0.25, 0.3) is 0 Å². The van der Waals surface area contributed by atoms with Crippen molar-refractivity contribution in [2.75, 3.05) is 0 Å². The van der Waals surface area contributed by atoms with Gasteiger partial charge in [0.05, 0.1) is 6.26 Å². The minimum atomic E-state index is -0.269. The summed E-state index contributed by atoms with van der Waals surface area (Å²) >= 11 is 0. The first kappa shape index (κ1) is 9.77. The van der Waals surface area contributed by atoms with Gasteiger partial charge in [0.2, 0.25) is 5.91 Å². The van der Waals surface area contributed by atoms with E-state index in [0.29, 0.717) is 6.42 Å². The van der Waals surface area contributed by atoms with Crippen LogP contribution in [-0.2, 0) is 4.79 Å². The van der Waals surface area contributed by atoms with E-state index < -0.39 is 0 Å². The third kappa shape index (κ3) is 2.01. The van der Waals surface area contributed by atoms with Crippen molar-refractivity contribution in [1.29, 1.82) is 0 Å². The SMILES string of the molecule is CC(CC(N)=O)c1ccc2occc2c1. The number of carbonyl (C=O) groups is 1. The van der Waals surface area contributed by atoms with E-state index in [1.807, 2.05) is 31.2 Å². The lowest BCUT2D eigenvalue weighted by molar-refractivity contribution is -0.118. The van der Waals surface area contributed by atoms with Crippen molar-refractivity contribution in [1.82, 2.24) is 0 Å². The molecule has 0 saturated carbocycles. The average Bonchev–Trinajstić information content (AvgIpc) is 2.62. The van der Waals surface area contributed by atoms with Gasteiger partial charge in [-0.3, -0.25) is 4.79 Å². The fraction of sp³-hybridized carbons (Fsp3) is 0.250. The summed E-state index contributed by atoms with van der Waals surface area (Å²) < 4.78 is 5.24. The van der Waals surface area contributed by atoms with Crippen LogP contribution in [0.3, 0.4) is 0 Å². The van der Waals surface area contributed by atoms with Crippen LogP contribution in [0.1, 0.15) is 24.8 Å². The summed E-state index contributed by atoms with van der Waals surface area (Å²) in [6.45, 7) is 1.99. The maximum absolute atomic E-state index is 10.8. The van der Waals surface area contributed by atoms with Gasteiger partial charge in [0.15, 0.2) is 0 Å². The summed E-state index contributed by atoms with van der Waals surface area (Å²) in [7, 11) is 0. The van der Waals surface area contributed by atoms with Gasteiger partial charge in [-0.1, -0.05) is 13.0 Å². The average molecular weight is 203 g/mol. The number of fused-ring (bicyclic) bond motifs is 1. The van der Waals surface area contributed by atoms with E-state index in [1.165, 1.54) is 0 Å². The highest BCUT2D eigenvalue weighted by molar-refractivity contribution is 5.79. The first-order valence-corrected chi connectivity index (χ1v) is 4.92. The van der Waals surface area contributed by atoms with E-state index in [4.69, 9.17) is 10.2 Å². The standard InChI is InChI=1S/C12H13NO2/c1-8(6-12(13)14)9-2-3-11-10(7-9)4-5-15-11/h2-5,7-8H,6H2,1H3,(H2,13,14). The number of benzene rings is 1. The molecule has 0 aliphatic heterocycles. The Hall–Kier alpha value is -1.77. The molecule has 0 bridgehead atoms. The lowest BCUT2D eigenvalue weighted by Gasteiger charge is -2.08. The van der Waals surface area contributed by atoms with Crippen LogP contribution in [0.5, 0.6) is 0 Å². The Morgan fingerprint density at radius 2 is 2.27 bits per heavy atom. The molecule has 78 valence electrons. The number of amides is 1. The molecule has 3 nitrogen and oxygen atoms in total. The maximum Gasteiger partial charge on any atom is 0.218 e. The Morgan fingerprint density at radius 3 is 3.00 bits per heavy atom. The highest BCUT2D eigenvalue weighted by Gasteiger charge is 2.09. The van der Waals surface area contributed by atoms with Crippen LogP contribution < -0.4 is 5.73 Å². The summed E-state index contributed by atoms with van der Waals surface area (Å²) in [6.07, 6.45) is 2.04. The fourth-order valence-corrected chi connectivity index (χ4v) is 1.71. The number of nitrogens with two attached hydrogens (primary N) is 1. The van der Waals surface area contributed by atoms with Crippen LogP contribution in [-0.4, -0.2) is 5.91 Å². The Kier molecular flexibility index (Phi) is 2.46. The lowest BCUT2D eigenvalue weighted by atomic mass is 9.96. The van der Waals surface area contributed by atoms with Gasteiger partial charge in [0, 0.05) is 11.8 Å². The van der Waals surface area contributed by atoms with Crippen molar-refractivity contribution >= 4 is 16.9 Å². The Bertz CT molecular complexity index is 487. The maximum atomic E-state index is 10.8. The van der Waals surface area contributed by atoms with E-state index in [1.54, 1.807) is 6.26 Å². The molecular weight excluding hydrogens is 190 g/mol. The van der Waals surface area contributed by atoms with Gasteiger partial charge in [0.1, 0.15) is 5.58 Å². The molecule has 2 rings (SSSR count). The number of primary amides is 1. The Labute approximate surface area is 87.9 Å². The molecule has 1 aromatic carbocycles. The molecule has 3 heteroatoms. The molecule has 1 aromatic heterocycles. The Morgan fingerprint density at radius 1 is 1.47 bits per heavy atom. The normalized spacial score (nSPS) is 12.9. The van der Waals surface area contributed by atoms with Crippen LogP contribution in [0.15, 0.2) is 34.9 Å². The monoisotopic (exact) mass is 203 g/mol. The molecule has 0 aliphatic carbocycles. The molecule has 1 heterocycles. The Balaban J connectivity index is 2.30. The van der Waals surface area contributed by atoms with Crippen LogP contribution in [0.25, 0.3) is 11.0 Å². The van der Waals surface area contributed by atoms with Crippen LogP contribution in [0.2, 0.25) is 0 Å². The summed E-state index contributed by atoms with van der Waals surface area (Å²) in [5.74, 6) is -0.114. The molecule has 15 heavy (non-hydrogen) atoms. The molecular formula is C12H13NO2. The molecule has 0 aliphatic rings. The zero-order valence-electron chi connectivity index (χ0n) is 8.57. The topological polar surface area (TPSA) is 56.2 Å². The summed E-state index contributed by atoms with van der Waals surface area (Å²) in [6, 6.07) is 7.84. The number of hydrogen-bond donors (Lipinski definition) is 1. The molecule has 0 fully saturated rings. The van der Waals surface area contributed by atoms with Crippen LogP contribution in [0, 0.1) is 0 Å². The van der Waals surface area contributed by atoms with E-state index >= 15 is 0 Å². The van der Waals surface area contributed by atoms with E-state index in [0.717, 1.165) is 16.5 Å². The number of carbonyl (C=O) groups excluding carboxylic acids is 1. The van der Waals surface area contributed by atoms with Gasteiger partial charge in [-0.25, -0.2) is 0 Å². The largest absolute Gasteiger partial charge is 0.464 e. The van der Waals surface area contributed by atoms with Crippen LogP contribution in [0.4, 0.5) is 0 Å². The van der Waals surface area contributed by atoms with Gasteiger partial charge >= 0.3 is 0 Å². The minimum Gasteiger partial charge on any atom is -0.464 e. The van der Waals surface area contributed by atoms with Crippen LogP contribution >= 0.6 is 0 Å². The van der Waals surface area contributed by atoms with Crippen molar-refractivity contribution in [3.8, 4) is 0 Å². The van der Waals surface area contributed by atoms with E-state index in [2.05, 4.69) is 0 Å². The predicted octanol–water partition coefficient (Wildman–Crippen LogP) is 2.41. The summed E-state index contributed by atoms with van der Waals surface area (Å²) in [5.41, 5.74) is 7.15. The first-order valence-electron chi connectivity index (χ1n) is 4.92. The second-order valence-corrected chi connectivity index (χ2v) is 3.79. The number of rotatable bonds is 3. The van der Waals surface area contributed by atoms with Gasteiger partial charge in [-0.2, -0.15) is 0 Å². The highest BCUT2D eigenvalue weighted by Crippen LogP contribution is 2.24. The smallest absolute Gasteiger partial charge is 0.218 e. The quantitative estimate of drug-likeness (QED) is 0.832. The molecule has 1 unspecified atom stereocenters. The predicted molar refractivity (Wildman–Crippen MR) is 58.4 cm³/mol. The minimum absolute atomic E-state index is 0.154. The van der Waals surface area contributed by atoms with Crippen molar-refractivity contribution in [2.24, 2.45) is 5.73 Å². The summed E-state index contributed by atoms with van der Waals surface area (Å²) in [5, 5.41) is 1.06. The molecule has 2 N–H and O–H groups in total. The molecule has 0 saturated heterocycles.